The molecular formula is C19H20BrNO6S. The van der Waals surface area contributed by atoms with Crippen LogP contribution in [0.5, 0.6) is 5.75 Å². The normalized spacial score (nSPS) is 11.6. The molecule has 0 spiro atoms. The zero-order valence-corrected chi connectivity index (χ0v) is 18.0. The molecule has 28 heavy (non-hydrogen) atoms. The fraction of sp³-hybridized carbons (Fsp3) is 0.316. The average Bonchev–Trinajstić information content (AvgIpc) is 3.01. The Morgan fingerprint density at radius 1 is 1.21 bits per heavy atom. The Labute approximate surface area is 174 Å². The van der Waals surface area contributed by atoms with Gasteiger partial charge >= 0.3 is 11.9 Å². The first-order chi connectivity index (χ1) is 13.3. The zero-order chi connectivity index (χ0) is 20.8. The summed E-state index contributed by atoms with van der Waals surface area (Å²) in [5.74, 6) is -1.04. The highest BCUT2D eigenvalue weighted by Crippen LogP contribution is 2.46. The molecule has 1 atom stereocenters. The van der Waals surface area contributed by atoms with E-state index in [9.17, 15) is 14.4 Å². The summed E-state index contributed by atoms with van der Waals surface area (Å²) in [6.07, 6.45) is 0. The van der Waals surface area contributed by atoms with Crippen molar-refractivity contribution in [1.82, 2.24) is 0 Å². The summed E-state index contributed by atoms with van der Waals surface area (Å²) in [7, 11) is 1.27. The van der Waals surface area contributed by atoms with Crippen molar-refractivity contribution in [1.29, 1.82) is 0 Å². The number of carbonyl (C=O) groups is 3. The van der Waals surface area contributed by atoms with Gasteiger partial charge in [-0.05, 0) is 40.9 Å². The van der Waals surface area contributed by atoms with E-state index in [0.717, 1.165) is 16.9 Å². The molecule has 1 heterocycles. The van der Waals surface area contributed by atoms with E-state index in [1.165, 1.54) is 14.0 Å². The number of benzene rings is 1. The molecule has 0 bridgehead atoms. The summed E-state index contributed by atoms with van der Waals surface area (Å²) >= 11 is 4.60. The predicted octanol–water partition coefficient (Wildman–Crippen LogP) is 3.49. The van der Waals surface area contributed by atoms with Crippen LogP contribution in [0.4, 0.5) is 0 Å². The van der Waals surface area contributed by atoms with E-state index < -0.39 is 18.0 Å². The first kappa shape index (κ1) is 22.1. The van der Waals surface area contributed by atoms with Crippen LogP contribution in [-0.4, -0.2) is 38.0 Å². The lowest BCUT2D eigenvalue weighted by Crippen LogP contribution is -2.18. The maximum atomic E-state index is 12.1. The number of methoxy groups -OCH3 is 1. The molecule has 0 saturated carbocycles. The first-order valence-electron chi connectivity index (χ1n) is 8.35. The van der Waals surface area contributed by atoms with Gasteiger partial charge in [0, 0.05) is 0 Å². The van der Waals surface area contributed by atoms with Gasteiger partial charge in [0.2, 0.25) is 0 Å². The molecule has 0 aliphatic heterocycles. The fourth-order valence-corrected chi connectivity index (χ4v) is 4.32. The summed E-state index contributed by atoms with van der Waals surface area (Å²) in [5, 5.41) is 0. The van der Waals surface area contributed by atoms with E-state index in [-0.39, 0.29) is 29.6 Å². The number of carbonyl (C=O) groups excluding carboxylic acids is 3. The molecular weight excluding hydrogens is 450 g/mol. The molecule has 9 heteroatoms. The van der Waals surface area contributed by atoms with E-state index in [1.807, 2.05) is 0 Å². The number of Topliss-reactive ketones (excluding diaryl/α,β-unsaturated/α-hetero) is 1. The minimum Gasteiger partial charge on any atom is -0.479 e. The van der Waals surface area contributed by atoms with Crippen molar-refractivity contribution < 1.29 is 28.6 Å². The van der Waals surface area contributed by atoms with E-state index >= 15 is 0 Å². The van der Waals surface area contributed by atoms with Crippen LogP contribution in [0.1, 0.15) is 35.1 Å². The van der Waals surface area contributed by atoms with E-state index in [1.54, 1.807) is 31.2 Å². The highest BCUT2D eigenvalue weighted by molar-refractivity contribution is 9.10. The number of ether oxygens (including phenoxy) is 3. The number of nitrogens with two attached hydrogens (primary N) is 1. The second kappa shape index (κ2) is 9.81. The van der Waals surface area contributed by atoms with Gasteiger partial charge in [0.05, 0.1) is 29.1 Å². The number of ketones is 1. The van der Waals surface area contributed by atoms with Crippen molar-refractivity contribution in [2.75, 3.05) is 20.3 Å². The maximum Gasteiger partial charge on any atom is 0.351 e. The Morgan fingerprint density at radius 3 is 2.39 bits per heavy atom. The smallest absolute Gasteiger partial charge is 0.351 e. The molecule has 2 aromatic rings. The Hall–Kier alpha value is -2.23. The summed E-state index contributed by atoms with van der Waals surface area (Å²) in [5.41, 5.74) is 7.33. The molecule has 1 aromatic heterocycles. The molecule has 0 aliphatic rings. The zero-order valence-electron chi connectivity index (χ0n) is 15.6. The summed E-state index contributed by atoms with van der Waals surface area (Å²) in [6.45, 7) is 3.03. The highest BCUT2D eigenvalue weighted by atomic mass is 79.9. The third kappa shape index (κ3) is 4.98. The van der Waals surface area contributed by atoms with Crippen LogP contribution in [0.2, 0.25) is 0 Å². The Kier molecular flexibility index (Phi) is 7.73. The third-order valence-electron chi connectivity index (χ3n) is 3.79. The van der Waals surface area contributed by atoms with Crippen molar-refractivity contribution >= 4 is 45.0 Å². The SMILES string of the molecule is CCOC(=O)COc1c(C(=O)OC)sc(-c2ccc(C(N)C(C)=O)cc2)c1Br. The van der Waals surface area contributed by atoms with Gasteiger partial charge in [-0.3, -0.25) is 4.79 Å². The van der Waals surface area contributed by atoms with Gasteiger partial charge in [-0.25, -0.2) is 9.59 Å². The second-order valence-corrected chi connectivity index (χ2v) is 7.51. The number of halogens is 1. The van der Waals surface area contributed by atoms with Crippen LogP contribution >= 0.6 is 27.3 Å². The van der Waals surface area contributed by atoms with Crippen molar-refractivity contribution in [2.45, 2.75) is 19.9 Å². The number of thiophene rings is 1. The van der Waals surface area contributed by atoms with Crippen molar-refractivity contribution in [3.63, 3.8) is 0 Å². The van der Waals surface area contributed by atoms with Crippen molar-refractivity contribution in [3.8, 4) is 16.2 Å². The van der Waals surface area contributed by atoms with Gasteiger partial charge < -0.3 is 19.9 Å². The summed E-state index contributed by atoms with van der Waals surface area (Å²) < 4.78 is 15.7. The summed E-state index contributed by atoms with van der Waals surface area (Å²) in [6, 6.07) is 6.42. The van der Waals surface area contributed by atoms with Gasteiger partial charge in [-0.15, -0.1) is 11.3 Å². The molecule has 1 unspecified atom stereocenters. The average molecular weight is 470 g/mol. The molecule has 150 valence electrons. The quantitative estimate of drug-likeness (QED) is 0.589. The standard InChI is InChI=1S/C19H20BrNO6S/c1-4-26-13(23)9-27-16-14(20)17(28-18(16)19(24)25-3)12-7-5-11(6-8-12)15(21)10(2)22/h5-8,15H,4,9,21H2,1-3H3. The molecule has 2 rings (SSSR count). The lowest BCUT2D eigenvalue weighted by Gasteiger charge is -2.09. The van der Waals surface area contributed by atoms with Gasteiger partial charge in [-0.2, -0.15) is 0 Å². The monoisotopic (exact) mass is 469 g/mol. The van der Waals surface area contributed by atoms with Crippen LogP contribution in [-0.2, 0) is 19.1 Å². The maximum absolute atomic E-state index is 12.1. The van der Waals surface area contributed by atoms with Crippen LogP contribution in [0.25, 0.3) is 10.4 Å². The molecule has 2 N–H and O–H groups in total. The Balaban J connectivity index is 2.38. The van der Waals surface area contributed by atoms with E-state index in [0.29, 0.717) is 14.9 Å². The molecule has 0 amide bonds. The lowest BCUT2D eigenvalue weighted by molar-refractivity contribution is -0.145. The molecule has 7 nitrogen and oxygen atoms in total. The highest BCUT2D eigenvalue weighted by Gasteiger charge is 2.25. The van der Waals surface area contributed by atoms with Gasteiger partial charge in [-0.1, -0.05) is 24.3 Å². The number of hydrogen-bond acceptors (Lipinski definition) is 8. The van der Waals surface area contributed by atoms with Crippen LogP contribution in [0, 0.1) is 0 Å². The Bertz CT molecular complexity index is 877. The van der Waals surface area contributed by atoms with E-state index in [4.69, 9.17) is 19.9 Å². The fourth-order valence-electron chi connectivity index (χ4n) is 2.35. The largest absolute Gasteiger partial charge is 0.479 e. The van der Waals surface area contributed by atoms with Crippen LogP contribution < -0.4 is 10.5 Å². The molecule has 1 aromatic carbocycles. The van der Waals surface area contributed by atoms with Crippen LogP contribution in [0.15, 0.2) is 28.7 Å². The first-order valence-corrected chi connectivity index (χ1v) is 9.96. The third-order valence-corrected chi connectivity index (χ3v) is 6.01. The van der Waals surface area contributed by atoms with E-state index in [2.05, 4.69) is 15.9 Å². The lowest BCUT2D eigenvalue weighted by atomic mass is 10.0. The van der Waals surface area contributed by atoms with Gasteiger partial charge in [0.15, 0.2) is 23.0 Å². The van der Waals surface area contributed by atoms with Gasteiger partial charge in [0.25, 0.3) is 0 Å². The number of hydrogen-bond donors (Lipinski definition) is 1. The predicted molar refractivity (Wildman–Crippen MR) is 109 cm³/mol. The molecule has 0 fully saturated rings. The molecule has 0 radical (unpaired) electrons. The van der Waals surface area contributed by atoms with Crippen molar-refractivity contribution in [2.24, 2.45) is 5.73 Å². The Morgan fingerprint density at radius 2 is 1.86 bits per heavy atom. The van der Waals surface area contributed by atoms with Gasteiger partial charge in [0.1, 0.15) is 0 Å². The minimum atomic E-state index is -0.685. The topological polar surface area (TPSA) is 105 Å². The summed E-state index contributed by atoms with van der Waals surface area (Å²) in [4.78, 5) is 36.1. The number of esters is 2. The molecule has 0 aliphatic carbocycles. The molecule has 0 saturated heterocycles. The minimum absolute atomic E-state index is 0.132. The second-order valence-electron chi connectivity index (χ2n) is 5.70. The van der Waals surface area contributed by atoms with Crippen molar-refractivity contribution in [3.05, 3.63) is 39.2 Å². The number of rotatable bonds is 8. The van der Waals surface area contributed by atoms with Crippen LogP contribution in [0.3, 0.4) is 0 Å².